The summed E-state index contributed by atoms with van der Waals surface area (Å²) in [6.07, 6.45) is 0.545. The Morgan fingerprint density at radius 1 is 1.27 bits per heavy atom. The topological polar surface area (TPSA) is 47.3 Å². The molecule has 0 aliphatic carbocycles. The van der Waals surface area contributed by atoms with Crippen LogP contribution in [0.1, 0.15) is 21.7 Å². The summed E-state index contributed by atoms with van der Waals surface area (Å²) in [5, 5.41) is 0.461. The summed E-state index contributed by atoms with van der Waals surface area (Å²) in [4.78, 5) is 22.6. The predicted molar refractivity (Wildman–Crippen MR) is 57.3 cm³/mol. The molecule has 76 valence electrons. The minimum Gasteiger partial charge on any atom is -0.460 e. The molecule has 0 aliphatic rings. The Labute approximate surface area is 86.3 Å². The molecule has 0 atom stereocenters. The molecule has 1 heterocycles. The van der Waals surface area contributed by atoms with Crippen LogP contribution in [0, 0.1) is 13.8 Å². The van der Waals surface area contributed by atoms with Gasteiger partial charge in [-0.2, -0.15) is 0 Å². The highest BCUT2D eigenvalue weighted by molar-refractivity contribution is 5.85. The highest BCUT2D eigenvalue weighted by Gasteiger charge is 2.10. The van der Waals surface area contributed by atoms with Crippen molar-refractivity contribution in [2.24, 2.45) is 0 Å². The molecule has 0 unspecified atom stereocenters. The lowest BCUT2D eigenvalue weighted by Gasteiger charge is -2.02. The quantitative estimate of drug-likeness (QED) is 0.666. The second kappa shape index (κ2) is 3.35. The van der Waals surface area contributed by atoms with Crippen molar-refractivity contribution in [1.82, 2.24) is 0 Å². The summed E-state index contributed by atoms with van der Waals surface area (Å²) in [5.41, 5.74) is 1.34. The molecule has 1 aromatic carbocycles. The van der Waals surface area contributed by atoms with Crippen molar-refractivity contribution in [3.05, 3.63) is 45.3 Å². The molecule has 0 amide bonds. The van der Waals surface area contributed by atoms with Crippen LogP contribution < -0.4 is 5.43 Å². The first-order valence-electron chi connectivity index (χ1n) is 4.62. The monoisotopic (exact) mass is 202 g/mol. The Balaban J connectivity index is 2.99. The van der Waals surface area contributed by atoms with Gasteiger partial charge < -0.3 is 4.42 Å². The number of carbonyl (C=O) groups excluding carboxylic acids is 1. The van der Waals surface area contributed by atoms with Crippen LogP contribution in [-0.4, -0.2) is 6.29 Å². The van der Waals surface area contributed by atoms with Crippen LogP contribution in [0.3, 0.4) is 0 Å². The van der Waals surface area contributed by atoms with Crippen molar-refractivity contribution >= 4 is 17.3 Å². The van der Waals surface area contributed by atoms with E-state index in [0.29, 0.717) is 23.0 Å². The zero-order valence-corrected chi connectivity index (χ0v) is 8.53. The second-order valence-corrected chi connectivity index (χ2v) is 3.52. The van der Waals surface area contributed by atoms with Crippen molar-refractivity contribution < 1.29 is 9.21 Å². The number of hydrogen-bond acceptors (Lipinski definition) is 3. The second-order valence-electron chi connectivity index (χ2n) is 3.52. The fourth-order valence-corrected chi connectivity index (χ4v) is 1.57. The lowest BCUT2D eigenvalue weighted by molar-refractivity contribution is 0.112. The molecule has 0 aliphatic heterocycles. The molecule has 0 spiro atoms. The van der Waals surface area contributed by atoms with E-state index in [0.717, 1.165) is 5.56 Å². The van der Waals surface area contributed by atoms with Crippen molar-refractivity contribution in [3.8, 4) is 0 Å². The van der Waals surface area contributed by atoms with Crippen LogP contribution in [0.2, 0.25) is 0 Å². The van der Waals surface area contributed by atoms with Gasteiger partial charge in [0.1, 0.15) is 16.9 Å². The Kier molecular flexibility index (Phi) is 2.15. The van der Waals surface area contributed by atoms with E-state index in [1.54, 1.807) is 19.1 Å². The van der Waals surface area contributed by atoms with Gasteiger partial charge in [0.25, 0.3) is 0 Å². The van der Waals surface area contributed by atoms with Crippen LogP contribution in [-0.2, 0) is 0 Å². The summed E-state index contributed by atoms with van der Waals surface area (Å²) in [5.74, 6) is 0.367. The van der Waals surface area contributed by atoms with Gasteiger partial charge in [0.15, 0.2) is 6.29 Å². The van der Waals surface area contributed by atoms with E-state index < -0.39 is 0 Å². The fraction of sp³-hybridized carbons (Fsp3) is 0.167. The number of aryl methyl sites for hydroxylation is 2. The molecule has 15 heavy (non-hydrogen) atoms. The molecular formula is C12H10O3. The molecule has 1 aromatic heterocycles. The van der Waals surface area contributed by atoms with E-state index in [1.165, 1.54) is 0 Å². The predicted octanol–water partition coefficient (Wildman–Crippen LogP) is 2.22. The molecule has 0 N–H and O–H groups in total. The Bertz CT molecular complexity index is 594. The molecule has 2 aromatic rings. The van der Waals surface area contributed by atoms with Gasteiger partial charge in [-0.05, 0) is 26.0 Å². The van der Waals surface area contributed by atoms with Crippen molar-refractivity contribution in [1.29, 1.82) is 0 Å². The smallest absolute Gasteiger partial charge is 0.203 e. The maximum absolute atomic E-state index is 11.8. The maximum atomic E-state index is 11.8. The molecule has 0 saturated heterocycles. The maximum Gasteiger partial charge on any atom is 0.203 e. The third-order valence-electron chi connectivity index (χ3n) is 2.38. The van der Waals surface area contributed by atoms with Gasteiger partial charge in [-0.15, -0.1) is 0 Å². The number of hydrogen-bond donors (Lipinski definition) is 0. The number of rotatable bonds is 1. The highest BCUT2D eigenvalue weighted by atomic mass is 16.3. The van der Waals surface area contributed by atoms with Crippen LogP contribution in [0.25, 0.3) is 11.0 Å². The number of aldehydes is 1. The zero-order valence-electron chi connectivity index (χ0n) is 8.53. The van der Waals surface area contributed by atoms with Crippen LogP contribution >= 0.6 is 0 Å². The first-order valence-corrected chi connectivity index (χ1v) is 4.62. The van der Waals surface area contributed by atoms with Crippen molar-refractivity contribution in [2.75, 3.05) is 0 Å². The number of benzene rings is 1. The molecule has 2 rings (SSSR count). The minimum atomic E-state index is -0.257. The molecule has 3 nitrogen and oxygen atoms in total. The lowest BCUT2D eigenvalue weighted by atomic mass is 10.1. The molecule has 0 fully saturated rings. The van der Waals surface area contributed by atoms with Gasteiger partial charge in [-0.3, -0.25) is 9.59 Å². The Morgan fingerprint density at radius 2 is 2.00 bits per heavy atom. The van der Waals surface area contributed by atoms with Gasteiger partial charge in [0, 0.05) is 0 Å². The van der Waals surface area contributed by atoms with Gasteiger partial charge in [0.05, 0.1) is 5.39 Å². The van der Waals surface area contributed by atoms with E-state index in [2.05, 4.69) is 0 Å². The molecule has 3 heteroatoms. The Hall–Kier alpha value is -1.90. The van der Waals surface area contributed by atoms with Crippen LogP contribution in [0.4, 0.5) is 0 Å². The number of fused-ring (bicyclic) bond motifs is 1. The van der Waals surface area contributed by atoms with Crippen LogP contribution in [0.5, 0.6) is 0 Å². The van der Waals surface area contributed by atoms with Crippen LogP contribution in [0.15, 0.2) is 27.4 Å². The average Bonchev–Trinajstić information content (AvgIpc) is 2.20. The Morgan fingerprint density at radius 3 is 2.67 bits per heavy atom. The lowest BCUT2D eigenvalue weighted by Crippen LogP contribution is -2.10. The molecular weight excluding hydrogens is 192 g/mol. The third-order valence-corrected chi connectivity index (χ3v) is 2.38. The van der Waals surface area contributed by atoms with Gasteiger partial charge in [-0.1, -0.05) is 11.6 Å². The summed E-state index contributed by atoms with van der Waals surface area (Å²) >= 11 is 0. The number of carbonyl (C=O) groups is 1. The van der Waals surface area contributed by atoms with E-state index in [4.69, 9.17) is 4.42 Å². The highest BCUT2D eigenvalue weighted by Crippen LogP contribution is 2.15. The molecule has 0 bridgehead atoms. The zero-order chi connectivity index (χ0) is 11.0. The van der Waals surface area contributed by atoms with E-state index in [-0.39, 0.29) is 11.0 Å². The summed E-state index contributed by atoms with van der Waals surface area (Å²) in [6, 6.07) is 5.34. The minimum absolute atomic E-state index is 0.105. The first kappa shape index (κ1) is 9.65. The van der Waals surface area contributed by atoms with E-state index in [9.17, 15) is 9.59 Å². The largest absolute Gasteiger partial charge is 0.460 e. The average molecular weight is 202 g/mol. The summed E-state index contributed by atoms with van der Waals surface area (Å²) in [6.45, 7) is 3.50. The third kappa shape index (κ3) is 1.46. The van der Waals surface area contributed by atoms with E-state index in [1.807, 2.05) is 13.0 Å². The van der Waals surface area contributed by atoms with Crippen molar-refractivity contribution in [3.63, 3.8) is 0 Å². The van der Waals surface area contributed by atoms with Gasteiger partial charge >= 0.3 is 0 Å². The molecule has 0 radical (unpaired) electrons. The van der Waals surface area contributed by atoms with Crippen molar-refractivity contribution in [2.45, 2.75) is 13.8 Å². The fourth-order valence-electron chi connectivity index (χ4n) is 1.57. The summed E-state index contributed by atoms with van der Waals surface area (Å²) in [7, 11) is 0. The van der Waals surface area contributed by atoms with E-state index >= 15 is 0 Å². The normalized spacial score (nSPS) is 10.5. The molecule has 0 saturated carbocycles. The first-order chi connectivity index (χ1) is 7.13. The SMILES string of the molecule is Cc1ccc2oc(C)c(C=O)c(=O)c2c1. The van der Waals surface area contributed by atoms with Gasteiger partial charge in [0.2, 0.25) is 5.43 Å². The van der Waals surface area contributed by atoms with Gasteiger partial charge in [-0.25, -0.2) is 0 Å². The standard InChI is InChI=1S/C12H10O3/c1-7-3-4-11-9(5-7)12(14)10(6-13)8(2)15-11/h3-6H,1-2H3. The summed E-state index contributed by atoms with van der Waals surface area (Å²) < 4.78 is 5.39.